The van der Waals surface area contributed by atoms with Crippen molar-refractivity contribution in [1.82, 2.24) is 5.32 Å². The summed E-state index contributed by atoms with van der Waals surface area (Å²) in [5.74, 6) is -0.450. The number of halogens is 1. The molecule has 1 aliphatic rings. The van der Waals surface area contributed by atoms with Crippen LogP contribution in [0.2, 0.25) is 0 Å². The molecule has 1 N–H and O–H groups in total. The van der Waals surface area contributed by atoms with Crippen molar-refractivity contribution >= 4 is 41.6 Å². The van der Waals surface area contributed by atoms with Crippen LogP contribution in [0.4, 0.5) is 10.1 Å². The first-order valence-corrected chi connectivity index (χ1v) is 10.6. The highest BCUT2D eigenvalue weighted by atomic mass is 19.1. The first kappa shape index (κ1) is 23.0. The van der Waals surface area contributed by atoms with Crippen LogP contribution in [0, 0.1) is 5.82 Å². The Labute approximate surface area is 192 Å². The minimum atomic E-state index is -0.765. The molecule has 3 aromatic rings. The third-order valence-electron chi connectivity index (χ3n) is 6.44. The van der Waals surface area contributed by atoms with Crippen LogP contribution in [0.25, 0.3) is 22.3 Å². The fourth-order valence-corrected chi connectivity index (χ4v) is 3.82. The van der Waals surface area contributed by atoms with Crippen LogP contribution in [0.15, 0.2) is 40.8 Å². The van der Waals surface area contributed by atoms with Crippen molar-refractivity contribution in [3.63, 3.8) is 0 Å². The van der Waals surface area contributed by atoms with E-state index in [4.69, 9.17) is 13.7 Å². The lowest BCUT2D eigenvalue weighted by molar-refractivity contribution is -0.107. The van der Waals surface area contributed by atoms with E-state index < -0.39 is 24.1 Å². The van der Waals surface area contributed by atoms with Gasteiger partial charge < -0.3 is 23.9 Å². The van der Waals surface area contributed by atoms with Gasteiger partial charge in [-0.05, 0) is 58.0 Å². The van der Waals surface area contributed by atoms with Crippen LogP contribution in [-0.2, 0) is 14.1 Å². The fraction of sp³-hybridized carbons (Fsp3) is 0.333. The van der Waals surface area contributed by atoms with Gasteiger partial charge in [-0.1, -0.05) is 0 Å². The topological polar surface area (TPSA) is 81.0 Å². The molecule has 9 heteroatoms. The van der Waals surface area contributed by atoms with Crippen molar-refractivity contribution in [1.29, 1.82) is 0 Å². The Morgan fingerprint density at radius 1 is 1.09 bits per heavy atom. The molecule has 1 fully saturated rings. The van der Waals surface area contributed by atoms with Gasteiger partial charge in [0.2, 0.25) is 6.41 Å². The van der Waals surface area contributed by atoms with Gasteiger partial charge in [-0.25, -0.2) is 4.39 Å². The van der Waals surface area contributed by atoms with Crippen LogP contribution in [-0.4, -0.2) is 44.7 Å². The van der Waals surface area contributed by atoms with Crippen molar-refractivity contribution in [3.8, 4) is 11.3 Å². The predicted molar refractivity (Wildman–Crippen MR) is 125 cm³/mol. The van der Waals surface area contributed by atoms with E-state index in [1.807, 2.05) is 27.7 Å². The molecule has 0 spiro atoms. The number of nitrogens with zero attached hydrogens (tertiary/aromatic N) is 1. The molecule has 0 radical (unpaired) electrons. The first-order chi connectivity index (χ1) is 15.5. The molecule has 33 heavy (non-hydrogen) atoms. The molecule has 4 rings (SSSR count). The lowest BCUT2D eigenvalue weighted by atomic mass is 9.76. The molecular weight excluding hydrogens is 426 g/mol. The Morgan fingerprint density at radius 2 is 1.70 bits per heavy atom. The highest BCUT2D eigenvalue weighted by Gasteiger charge is 2.52. The van der Waals surface area contributed by atoms with Gasteiger partial charge in [0.1, 0.15) is 17.2 Å². The van der Waals surface area contributed by atoms with Crippen LogP contribution in [0.1, 0.15) is 38.1 Å². The molecule has 2 heterocycles. The molecule has 0 aliphatic carbocycles. The zero-order chi connectivity index (χ0) is 24.1. The van der Waals surface area contributed by atoms with E-state index >= 15 is 0 Å². The molecule has 2 amide bonds. The lowest BCUT2D eigenvalue weighted by Crippen LogP contribution is -2.41. The summed E-state index contributed by atoms with van der Waals surface area (Å²) in [7, 11) is 2.38. The number of anilines is 1. The van der Waals surface area contributed by atoms with Gasteiger partial charge >= 0.3 is 7.12 Å². The summed E-state index contributed by atoms with van der Waals surface area (Å²) in [5.41, 5.74) is 1.18. The smallest absolute Gasteiger partial charge is 0.455 e. The number of nitrogens with one attached hydrogen (secondary N) is 1. The monoisotopic (exact) mass is 452 g/mol. The highest BCUT2D eigenvalue weighted by molar-refractivity contribution is 6.64. The lowest BCUT2D eigenvalue weighted by Gasteiger charge is -2.32. The van der Waals surface area contributed by atoms with E-state index in [0.717, 1.165) is 0 Å². The second kappa shape index (κ2) is 8.00. The fourth-order valence-electron chi connectivity index (χ4n) is 3.82. The largest absolute Gasteiger partial charge is 0.497 e. The maximum Gasteiger partial charge on any atom is 0.497 e. The molecule has 0 unspecified atom stereocenters. The number of carbonyl (C=O) groups excluding carboxylic acids is 2. The summed E-state index contributed by atoms with van der Waals surface area (Å²) >= 11 is 0. The number of hydrogen-bond acceptors (Lipinski definition) is 5. The number of benzene rings is 2. The molecule has 1 saturated heterocycles. The van der Waals surface area contributed by atoms with Gasteiger partial charge in [0.25, 0.3) is 5.91 Å². The van der Waals surface area contributed by atoms with E-state index in [9.17, 15) is 14.0 Å². The van der Waals surface area contributed by atoms with Gasteiger partial charge in [0.05, 0.1) is 16.8 Å². The summed E-state index contributed by atoms with van der Waals surface area (Å²) in [6.45, 7) is 7.76. The van der Waals surface area contributed by atoms with Crippen molar-refractivity contribution in [2.75, 3.05) is 19.0 Å². The standard InChI is InChI=1S/C24H26BFN2O5/c1-23(2)24(3,4)33-25(32-23)17-11-16-19(12-18(17)28(6)13-29)31-21(20(16)22(30)27-5)14-7-9-15(26)10-8-14/h7-13H,1-6H3,(H,27,30). The van der Waals surface area contributed by atoms with Gasteiger partial charge in [-0.3, -0.25) is 9.59 Å². The summed E-state index contributed by atoms with van der Waals surface area (Å²) < 4.78 is 32.0. The molecule has 2 aromatic carbocycles. The molecule has 0 bridgehead atoms. The quantitative estimate of drug-likeness (QED) is 0.474. The Morgan fingerprint density at radius 3 is 2.24 bits per heavy atom. The molecular formula is C24H26BFN2O5. The third kappa shape index (κ3) is 3.81. The number of rotatable bonds is 5. The Hall–Kier alpha value is -3.17. The van der Waals surface area contributed by atoms with Crippen LogP contribution in [0.5, 0.6) is 0 Å². The molecule has 0 atom stereocenters. The number of carbonyl (C=O) groups is 2. The van der Waals surface area contributed by atoms with Gasteiger partial charge in [-0.15, -0.1) is 0 Å². The van der Waals surface area contributed by atoms with E-state index in [-0.39, 0.29) is 5.91 Å². The molecule has 0 saturated carbocycles. The van der Waals surface area contributed by atoms with Crippen molar-refractivity contribution in [3.05, 3.63) is 47.8 Å². The highest BCUT2D eigenvalue weighted by Crippen LogP contribution is 2.39. The Kier molecular flexibility index (Phi) is 5.58. The van der Waals surface area contributed by atoms with E-state index in [1.165, 1.54) is 24.1 Å². The van der Waals surface area contributed by atoms with Gasteiger partial charge in [0.15, 0.2) is 0 Å². The maximum absolute atomic E-state index is 13.5. The Balaban J connectivity index is 1.98. The number of amides is 2. The molecule has 1 aromatic heterocycles. The molecule has 172 valence electrons. The number of hydrogen-bond donors (Lipinski definition) is 1. The van der Waals surface area contributed by atoms with Crippen LogP contribution < -0.4 is 15.7 Å². The van der Waals surface area contributed by atoms with Gasteiger partial charge in [-0.2, -0.15) is 0 Å². The zero-order valence-corrected chi connectivity index (χ0v) is 19.5. The zero-order valence-electron chi connectivity index (χ0n) is 19.5. The predicted octanol–water partition coefficient (Wildman–Crippen LogP) is 3.49. The Bertz CT molecular complexity index is 1220. The summed E-state index contributed by atoms with van der Waals surface area (Å²) in [4.78, 5) is 25.9. The minimum absolute atomic E-state index is 0.301. The second-order valence-electron chi connectivity index (χ2n) is 9.10. The van der Waals surface area contributed by atoms with E-state index in [2.05, 4.69) is 5.32 Å². The third-order valence-corrected chi connectivity index (χ3v) is 6.44. The number of fused-ring (bicyclic) bond motifs is 1. The average molecular weight is 452 g/mol. The average Bonchev–Trinajstić information content (AvgIpc) is 3.25. The molecule has 7 nitrogen and oxygen atoms in total. The minimum Gasteiger partial charge on any atom is -0.455 e. The van der Waals surface area contributed by atoms with Crippen LogP contribution in [0.3, 0.4) is 0 Å². The normalized spacial score (nSPS) is 16.8. The van der Waals surface area contributed by atoms with E-state index in [0.29, 0.717) is 45.4 Å². The summed E-state index contributed by atoms with van der Waals surface area (Å²) in [6, 6.07) is 9.15. The van der Waals surface area contributed by atoms with Gasteiger partial charge in [0, 0.05) is 42.3 Å². The van der Waals surface area contributed by atoms with Crippen LogP contribution >= 0.6 is 0 Å². The van der Waals surface area contributed by atoms with Crippen molar-refractivity contribution in [2.45, 2.75) is 38.9 Å². The van der Waals surface area contributed by atoms with Crippen molar-refractivity contribution in [2.24, 2.45) is 0 Å². The summed E-state index contributed by atoms with van der Waals surface area (Å²) in [6.07, 6.45) is 0.680. The molecule has 1 aliphatic heterocycles. The van der Waals surface area contributed by atoms with E-state index in [1.54, 1.807) is 31.3 Å². The van der Waals surface area contributed by atoms with Crippen molar-refractivity contribution < 1.29 is 27.7 Å². The number of furan rings is 1. The first-order valence-electron chi connectivity index (χ1n) is 10.6. The SMILES string of the molecule is CNC(=O)c1c(-c2ccc(F)cc2)oc2cc(N(C)C=O)c(B3OC(C)(C)C(C)(C)O3)cc12. The maximum atomic E-state index is 13.5. The second-order valence-corrected chi connectivity index (χ2v) is 9.10. The summed E-state index contributed by atoms with van der Waals surface area (Å²) in [5, 5.41) is 3.17.